The molecule has 24 heavy (non-hydrogen) atoms. The summed E-state index contributed by atoms with van der Waals surface area (Å²) in [6.07, 6.45) is 0. The van der Waals surface area contributed by atoms with E-state index in [0.717, 1.165) is 18.8 Å². The molecular weight excluding hydrogens is 306 g/mol. The lowest BCUT2D eigenvalue weighted by Gasteiger charge is -2.20. The molecule has 0 unspecified atom stereocenters. The van der Waals surface area contributed by atoms with Gasteiger partial charge in [0.15, 0.2) is 5.82 Å². The lowest BCUT2D eigenvalue weighted by Crippen LogP contribution is -2.38. The van der Waals surface area contributed by atoms with E-state index >= 15 is 0 Å². The Morgan fingerprint density at radius 2 is 1.92 bits per heavy atom. The van der Waals surface area contributed by atoms with E-state index in [9.17, 15) is 10.1 Å². The number of nitrogens with zero attached hydrogens (tertiary/aromatic N) is 3. The molecule has 2 N–H and O–H groups in total. The summed E-state index contributed by atoms with van der Waals surface area (Å²) in [6, 6.07) is 8.21. The van der Waals surface area contributed by atoms with Gasteiger partial charge >= 0.3 is 0 Å². The van der Waals surface area contributed by atoms with Crippen molar-refractivity contribution in [3.63, 3.8) is 0 Å². The van der Waals surface area contributed by atoms with Crippen LogP contribution in [-0.2, 0) is 0 Å². The number of aromatic nitrogens is 2. The van der Waals surface area contributed by atoms with Crippen molar-refractivity contribution < 1.29 is 4.92 Å². The fourth-order valence-electron chi connectivity index (χ4n) is 2.17. The summed E-state index contributed by atoms with van der Waals surface area (Å²) in [7, 11) is 0. The fraction of sp³-hybridized carbons (Fsp3) is 0.412. The standard InChI is InChI=1S/C17H23N5O2/c1-12-10-15(18-8-9-19-17(2,3)4)21-16(20-12)13-6-5-7-14(11-13)22(23)24/h5-7,10-11,19H,8-9H2,1-4H3,(H,18,20,21). The summed E-state index contributed by atoms with van der Waals surface area (Å²) in [4.78, 5) is 19.3. The number of anilines is 1. The van der Waals surface area contributed by atoms with Crippen LogP contribution >= 0.6 is 0 Å². The van der Waals surface area contributed by atoms with E-state index in [2.05, 4.69) is 41.4 Å². The van der Waals surface area contributed by atoms with Gasteiger partial charge in [-0.3, -0.25) is 10.1 Å². The molecule has 1 aromatic heterocycles. The molecule has 0 spiro atoms. The number of hydrogen-bond acceptors (Lipinski definition) is 6. The Hall–Kier alpha value is -2.54. The predicted molar refractivity (Wildman–Crippen MR) is 95.1 cm³/mol. The Balaban J connectivity index is 2.14. The minimum absolute atomic E-state index is 0.0292. The van der Waals surface area contributed by atoms with Crippen LogP contribution in [0.4, 0.5) is 11.5 Å². The molecule has 0 aliphatic heterocycles. The van der Waals surface area contributed by atoms with Gasteiger partial charge in [-0.2, -0.15) is 0 Å². The number of non-ortho nitro benzene ring substituents is 1. The first-order chi connectivity index (χ1) is 11.2. The molecule has 0 atom stereocenters. The highest BCUT2D eigenvalue weighted by Gasteiger charge is 2.11. The van der Waals surface area contributed by atoms with Crippen LogP contribution in [0.3, 0.4) is 0 Å². The highest BCUT2D eigenvalue weighted by molar-refractivity contribution is 5.61. The molecule has 0 aliphatic rings. The van der Waals surface area contributed by atoms with Crippen molar-refractivity contribution in [2.24, 2.45) is 0 Å². The van der Waals surface area contributed by atoms with Crippen molar-refractivity contribution >= 4 is 11.5 Å². The van der Waals surface area contributed by atoms with Gasteiger partial charge in [-0.05, 0) is 27.7 Å². The molecule has 7 heteroatoms. The Morgan fingerprint density at radius 3 is 2.58 bits per heavy atom. The molecule has 0 bridgehead atoms. The molecule has 0 aliphatic carbocycles. The number of hydrogen-bond donors (Lipinski definition) is 2. The molecule has 2 aromatic rings. The van der Waals surface area contributed by atoms with Crippen LogP contribution in [-0.4, -0.2) is 33.5 Å². The third kappa shape index (κ3) is 5.27. The largest absolute Gasteiger partial charge is 0.369 e. The van der Waals surface area contributed by atoms with Crippen molar-refractivity contribution in [1.29, 1.82) is 0 Å². The summed E-state index contributed by atoms with van der Waals surface area (Å²) in [5, 5.41) is 17.6. The van der Waals surface area contributed by atoms with Crippen molar-refractivity contribution in [3.05, 3.63) is 46.1 Å². The zero-order valence-corrected chi connectivity index (χ0v) is 14.5. The Morgan fingerprint density at radius 1 is 1.17 bits per heavy atom. The van der Waals surface area contributed by atoms with E-state index in [1.165, 1.54) is 12.1 Å². The maximum absolute atomic E-state index is 10.9. The van der Waals surface area contributed by atoms with Crippen LogP contribution in [0.1, 0.15) is 26.5 Å². The molecule has 128 valence electrons. The number of nitrogens with one attached hydrogen (secondary N) is 2. The summed E-state index contributed by atoms with van der Waals surface area (Å²) in [5.41, 5.74) is 1.53. The van der Waals surface area contributed by atoms with Gasteiger partial charge < -0.3 is 10.6 Å². The average Bonchev–Trinajstić information content (AvgIpc) is 2.50. The lowest BCUT2D eigenvalue weighted by atomic mass is 10.1. The van der Waals surface area contributed by atoms with E-state index in [1.54, 1.807) is 12.1 Å². The monoisotopic (exact) mass is 329 g/mol. The maximum atomic E-state index is 10.9. The normalized spacial score (nSPS) is 11.3. The van der Waals surface area contributed by atoms with Crippen LogP contribution < -0.4 is 10.6 Å². The predicted octanol–water partition coefficient (Wildman–Crippen LogP) is 3.16. The van der Waals surface area contributed by atoms with Gasteiger partial charge in [0.25, 0.3) is 5.69 Å². The number of benzene rings is 1. The van der Waals surface area contributed by atoms with Crippen molar-refractivity contribution in [1.82, 2.24) is 15.3 Å². The molecule has 1 aromatic carbocycles. The molecular formula is C17H23N5O2. The summed E-state index contributed by atoms with van der Waals surface area (Å²) in [6.45, 7) is 9.74. The molecule has 0 fully saturated rings. The Labute approximate surface area is 141 Å². The SMILES string of the molecule is Cc1cc(NCCNC(C)(C)C)nc(-c2cccc([N+](=O)[O-])c2)n1. The fourth-order valence-corrected chi connectivity index (χ4v) is 2.17. The lowest BCUT2D eigenvalue weighted by molar-refractivity contribution is -0.384. The second kappa shape index (κ2) is 7.35. The van der Waals surface area contributed by atoms with Gasteiger partial charge in [0, 0.05) is 48.1 Å². The van der Waals surface area contributed by atoms with Gasteiger partial charge in [0.1, 0.15) is 5.82 Å². The topological polar surface area (TPSA) is 93.0 Å². The molecule has 0 saturated heterocycles. The van der Waals surface area contributed by atoms with Crippen molar-refractivity contribution in [2.75, 3.05) is 18.4 Å². The first-order valence-corrected chi connectivity index (χ1v) is 7.84. The van der Waals surface area contributed by atoms with Crippen LogP contribution in [0.15, 0.2) is 30.3 Å². The first-order valence-electron chi connectivity index (χ1n) is 7.84. The van der Waals surface area contributed by atoms with Gasteiger partial charge in [-0.25, -0.2) is 9.97 Å². The third-order valence-electron chi connectivity index (χ3n) is 3.26. The average molecular weight is 329 g/mol. The minimum atomic E-state index is -0.420. The smallest absolute Gasteiger partial charge is 0.270 e. The minimum Gasteiger partial charge on any atom is -0.369 e. The number of aryl methyl sites for hydroxylation is 1. The molecule has 0 saturated carbocycles. The quantitative estimate of drug-likeness (QED) is 0.480. The third-order valence-corrected chi connectivity index (χ3v) is 3.26. The van der Waals surface area contributed by atoms with Crippen LogP contribution in [0.5, 0.6) is 0 Å². The highest BCUT2D eigenvalue weighted by Crippen LogP contribution is 2.22. The van der Waals surface area contributed by atoms with E-state index < -0.39 is 4.92 Å². The van der Waals surface area contributed by atoms with E-state index in [-0.39, 0.29) is 11.2 Å². The van der Waals surface area contributed by atoms with Crippen LogP contribution in [0, 0.1) is 17.0 Å². The molecule has 7 nitrogen and oxygen atoms in total. The highest BCUT2D eigenvalue weighted by atomic mass is 16.6. The van der Waals surface area contributed by atoms with Gasteiger partial charge in [-0.15, -0.1) is 0 Å². The second-order valence-corrected chi connectivity index (χ2v) is 6.63. The summed E-state index contributed by atoms with van der Waals surface area (Å²) >= 11 is 0. The zero-order valence-electron chi connectivity index (χ0n) is 14.5. The molecule has 0 radical (unpaired) electrons. The summed E-state index contributed by atoms with van der Waals surface area (Å²) in [5.74, 6) is 1.18. The number of nitro benzene ring substituents is 1. The van der Waals surface area contributed by atoms with Crippen molar-refractivity contribution in [3.8, 4) is 11.4 Å². The molecule has 1 heterocycles. The Kier molecular flexibility index (Phi) is 5.46. The van der Waals surface area contributed by atoms with E-state index in [0.29, 0.717) is 17.2 Å². The molecule has 0 amide bonds. The van der Waals surface area contributed by atoms with Gasteiger partial charge in [-0.1, -0.05) is 12.1 Å². The van der Waals surface area contributed by atoms with E-state index in [1.807, 2.05) is 13.0 Å². The number of nitro groups is 1. The van der Waals surface area contributed by atoms with Crippen molar-refractivity contribution in [2.45, 2.75) is 33.2 Å². The van der Waals surface area contributed by atoms with Crippen LogP contribution in [0.25, 0.3) is 11.4 Å². The second-order valence-electron chi connectivity index (χ2n) is 6.63. The van der Waals surface area contributed by atoms with Crippen LogP contribution in [0.2, 0.25) is 0 Å². The summed E-state index contributed by atoms with van der Waals surface area (Å²) < 4.78 is 0. The molecule has 2 rings (SSSR count). The van der Waals surface area contributed by atoms with Gasteiger partial charge in [0.05, 0.1) is 4.92 Å². The Bertz CT molecular complexity index is 725. The maximum Gasteiger partial charge on any atom is 0.270 e. The van der Waals surface area contributed by atoms with Gasteiger partial charge in [0.2, 0.25) is 0 Å². The number of rotatable bonds is 6. The zero-order chi connectivity index (χ0) is 17.7. The first kappa shape index (κ1) is 17.8. The van der Waals surface area contributed by atoms with E-state index in [4.69, 9.17) is 0 Å².